The van der Waals surface area contributed by atoms with Crippen LogP contribution < -0.4 is 15.4 Å². The fraction of sp³-hybridized carbons (Fsp3) is 0.200. The highest BCUT2D eigenvalue weighted by atomic mass is 32.1. The molecule has 0 saturated carbocycles. The minimum atomic E-state index is -0.561. The van der Waals surface area contributed by atoms with Crippen molar-refractivity contribution in [3.8, 4) is 5.75 Å². The number of carbonyl (C=O) groups is 1. The van der Waals surface area contributed by atoms with Crippen molar-refractivity contribution in [2.24, 2.45) is 0 Å². The number of methoxy groups -OCH3 is 1. The summed E-state index contributed by atoms with van der Waals surface area (Å²) in [7, 11) is 1.59. The number of carbonyl (C=O) groups excluding carboxylic acids is 1. The molecule has 2 heterocycles. The number of halogens is 1. The monoisotopic (exact) mass is 383 g/mol. The minimum absolute atomic E-state index is 0.00925. The summed E-state index contributed by atoms with van der Waals surface area (Å²) in [6.45, 7) is 1.76. The maximum absolute atomic E-state index is 13.9. The molecule has 0 aliphatic carbocycles. The van der Waals surface area contributed by atoms with Crippen LogP contribution in [-0.4, -0.2) is 31.1 Å². The van der Waals surface area contributed by atoms with Crippen LogP contribution in [0.15, 0.2) is 42.5 Å². The van der Waals surface area contributed by atoms with Crippen LogP contribution in [0.4, 0.5) is 9.52 Å². The lowest BCUT2D eigenvalue weighted by Crippen LogP contribution is -2.20. The van der Waals surface area contributed by atoms with Crippen LogP contribution in [0.5, 0.6) is 5.75 Å². The average molecular weight is 383 g/mol. The number of nitrogens with zero attached hydrogens (tertiary/aromatic N) is 1. The third-order valence-corrected chi connectivity index (χ3v) is 5.48. The molecule has 7 heteroatoms. The Hall–Kier alpha value is -2.77. The maximum Gasteiger partial charge on any atom is 0.260 e. The van der Waals surface area contributed by atoms with Gasteiger partial charge >= 0.3 is 0 Å². The van der Waals surface area contributed by atoms with E-state index in [1.807, 2.05) is 12.1 Å². The molecular formula is C20H18FN3O2S. The molecule has 0 bridgehead atoms. The number of aromatic nitrogens is 1. The summed E-state index contributed by atoms with van der Waals surface area (Å²) < 4.78 is 20.2. The number of benzene rings is 2. The summed E-state index contributed by atoms with van der Waals surface area (Å²) in [5.41, 5.74) is 3.03. The molecule has 0 radical (unpaired) electrons. The molecule has 5 nitrogen and oxygen atoms in total. The van der Waals surface area contributed by atoms with Gasteiger partial charge in [-0.2, -0.15) is 0 Å². The summed E-state index contributed by atoms with van der Waals surface area (Å²) in [6, 6.07) is 9.80. The van der Waals surface area contributed by atoms with E-state index in [0.29, 0.717) is 16.4 Å². The number of nitrogens with one attached hydrogen (secondary N) is 2. The number of fused-ring (bicyclic) bond motifs is 1. The van der Waals surface area contributed by atoms with Crippen LogP contribution in [0.25, 0.3) is 15.8 Å². The number of amides is 1. The van der Waals surface area contributed by atoms with Gasteiger partial charge in [-0.05, 0) is 48.4 Å². The molecule has 1 aromatic heterocycles. The highest BCUT2D eigenvalue weighted by Crippen LogP contribution is 2.39. The zero-order chi connectivity index (χ0) is 18.8. The third-order valence-electron chi connectivity index (χ3n) is 4.48. The Morgan fingerprint density at radius 3 is 2.89 bits per heavy atom. The van der Waals surface area contributed by atoms with Gasteiger partial charge in [0.05, 0.1) is 17.4 Å². The molecule has 0 spiro atoms. The van der Waals surface area contributed by atoms with Crippen LogP contribution in [0.2, 0.25) is 0 Å². The van der Waals surface area contributed by atoms with Crippen molar-refractivity contribution in [1.82, 2.24) is 10.3 Å². The Morgan fingerprint density at radius 1 is 1.30 bits per heavy atom. The van der Waals surface area contributed by atoms with Crippen molar-refractivity contribution in [2.75, 3.05) is 25.5 Å². The molecular weight excluding hydrogens is 365 g/mol. The van der Waals surface area contributed by atoms with Gasteiger partial charge in [0.2, 0.25) is 0 Å². The van der Waals surface area contributed by atoms with E-state index < -0.39 is 11.7 Å². The predicted octanol–water partition coefficient (Wildman–Crippen LogP) is 4.07. The minimum Gasteiger partial charge on any atom is -0.494 e. The fourth-order valence-electron chi connectivity index (χ4n) is 3.13. The Kier molecular flexibility index (Phi) is 4.87. The van der Waals surface area contributed by atoms with Gasteiger partial charge in [-0.3, -0.25) is 10.1 Å². The molecule has 2 aromatic carbocycles. The Morgan fingerprint density at radius 2 is 2.15 bits per heavy atom. The summed E-state index contributed by atoms with van der Waals surface area (Å²) in [6.07, 6.45) is 3.10. The first kappa shape index (κ1) is 17.6. The van der Waals surface area contributed by atoms with Crippen molar-refractivity contribution in [2.45, 2.75) is 6.42 Å². The number of rotatable bonds is 4. The largest absolute Gasteiger partial charge is 0.494 e. The Labute approximate surface area is 159 Å². The van der Waals surface area contributed by atoms with E-state index in [4.69, 9.17) is 4.74 Å². The molecule has 1 aliphatic rings. The second-order valence-corrected chi connectivity index (χ2v) is 7.13. The molecule has 4 rings (SSSR count). The van der Waals surface area contributed by atoms with Crippen LogP contribution in [-0.2, 0) is 0 Å². The van der Waals surface area contributed by atoms with Crippen molar-refractivity contribution in [3.63, 3.8) is 0 Å². The first-order valence-corrected chi connectivity index (χ1v) is 9.42. The molecule has 0 fully saturated rings. The molecule has 3 aromatic rings. The SMILES string of the molecule is COc1ccc(C2=CCNCC2)c2sc(NC(=O)c3ccccc3F)nc12. The van der Waals surface area contributed by atoms with Crippen molar-refractivity contribution in [3.05, 3.63) is 59.4 Å². The number of hydrogen-bond donors (Lipinski definition) is 2. The fourth-order valence-corrected chi connectivity index (χ4v) is 4.16. The lowest BCUT2D eigenvalue weighted by atomic mass is 10.00. The van der Waals surface area contributed by atoms with E-state index in [2.05, 4.69) is 21.7 Å². The third kappa shape index (κ3) is 3.43. The normalized spacial score (nSPS) is 14.1. The van der Waals surface area contributed by atoms with E-state index in [1.165, 1.54) is 29.0 Å². The van der Waals surface area contributed by atoms with Gasteiger partial charge < -0.3 is 10.1 Å². The van der Waals surface area contributed by atoms with Crippen molar-refractivity contribution in [1.29, 1.82) is 0 Å². The van der Waals surface area contributed by atoms with Gasteiger partial charge in [0.1, 0.15) is 17.1 Å². The number of anilines is 1. The van der Waals surface area contributed by atoms with Gasteiger partial charge in [-0.15, -0.1) is 0 Å². The van der Waals surface area contributed by atoms with E-state index in [-0.39, 0.29) is 5.56 Å². The lowest BCUT2D eigenvalue weighted by molar-refractivity contribution is 0.102. The zero-order valence-electron chi connectivity index (χ0n) is 14.7. The lowest BCUT2D eigenvalue weighted by Gasteiger charge is -2.15. The van der Waals surface area contributed by atoms with Crippen molar-refractivity contribution >= 4 is 38.2 Å². The summed E-state index contributed by atoms with van der Waals surface area (Å²) in [4.78, 5) is 16.9. The average Bonchev–Trinajstić information content (AvgIpc) is 3.11. The van der Waals surface area contributed by atoms with E-state index in [0.717, 1.165) is 29.8 Å². The van der Waals surface area contributed by atoms with Gasteiger partial charge in [0, 0.05) is 6.54 Å². The highest BCUT2D eigenvalue weighted by Gasteiger charge is 2.19. The topological polar surface area (TPSA) is 63.2 Å². The highest BCUT2D eigenvalue weighted by molar-refractivity contribution is 7.22. The summed E-state index contributed by atoms with van der Waals surface area (Å²) >= 11 is 1.37. The van der Waals surface area contributed by atoms with Gasteiger partial charge in [0.25, 0.3) is 5.91 Å². The van der Waals surface area contributed by atoms with Crippen LogP contribution >= 0.6 is 11.3 Å². The summed E-state index contributed by atoms with van der Waals surface area (Å²) in [5.74, 6) is -0.436. The summed E-state index contributed by atoms with van der Waals surface area (Å²) in [5, 5.41) is 6.43. The molecule has 1 aliphatic heterocycles. The van der Waals surface area contributed by atoms with Gasteiger partial charge in [-0.1, -0.05) is 29.5 Å². The number of ether oxygens (including phenoxy) is 1. The molecule has 0 atom stereocenters. The predicted molar refractivity (Wildman–Crippen MR) is 106 cm³/mol. The van der Waals surface area contributed by atoms with E-state index in [9.17, 15) is 9.18 Å². The zero-order valence-corrected chi connectivity index (χ0v) is 15.5. The first-order chi connectivity index (χ1) is 13.2. The van der Waals surface area contributed by atoms with E-state index >= 15 is 0 Å². The molecule has 0 unspecified atom stereocenters. The smallest absolute Gasteiger partial charge is 0.260 e. The number of thiazole rings is 1. The van der Waals surface area contributed by atoms with Crippen LogP contribution in [0, 0.1) is 5.82 Å². The van der Waals surface area contributed by atoms with Crippen LogP contribution in [0.1, 0.15) is 22.3 Å². The Balaban J connectivity index is 1.73. The second-order valence-electron chi connectivity index (χ2n) is 6.13. The Bertz CT molecular complexity index is 1040. The quantitative estimate of drug-likeness (QED) is 0.713. The number of hydrogen-bond acceptors (Lipinski definition) is 5. The molecule has 2 N–H and O–H groups in total. The molecule has 27 heavy (non-hydrogen) atoms. The van der Waals surface area contributed by atoms with Crippen molar-refractivity contribution < 1.29 is 13.9 Å². The second kappa shape index (κ2) is 7.46. The maximum atomic E-state index is 13.9. The molecule has 0 saturated heterocycles. The van der Waals surface area contributed by atoms with Crippen LogP contribution in [0.3, 0.4) is 0 Å². The standard InChI is InChI=1S/C20H18FN3O2S/c1-26-16-7-6-13(12-8-10-22-11-9-12)18-17(16)23-20(27-18)24-19(25)14-4-2-3-5-15(14)21/h2-8,22H,9-11H2,1H3,(H,23,24,25). The molecule has 138 valence electrons. The van der Waals surface area contributed by atoms with Gasteiger partial charge in [-0.25, -0.2) is 9.37 Å². The first-order valence-electron chi connectivity index (χ1n) is 8.61. The van der Waals surface area contributed by atoms with E-state index in [1.54, 1.807) is 19.2 Å². The van der Waals surface area contributed by atoms with Gasteiger partial charge in [0.15, 0.2) is 5.13 Å². The molecule has 1 amide bonds.